The number of carbonyl (C=O) groups excluding carboxylic acids is 1. The number of amides is 1. The number of carbonyl (C=O) groups is 1. The van der Waals surface area contributed by atoms with Crippen molar-refractivity contribution in [1.82, 2.24) is 9.88 Å². The summed E-state index contributed by atoms with van der Waals surface area (Å²) in [5.74, 6) is 0.697. The minimum Gasteiger partial charge on any atom is -0.380 e. The van der Waals surface area contributed by atoms with Gasteiger partial charge in [0, 0.05) is 43.9 Å². The standard InChI is InChI=1S/C16H27N3O2/c1-7-21-9-8-19(6)15(20)12-10-13(16(2,3)4)18-14(11-12)17-5/h10-11H,7-9H2,1-6H3,(H,17,18). The van der Waals surface area contributed by atoms with E-state index in [0.29, 0.717) is 31.1 Å². The topological polar surface area (TPSA) is 54.5 Å². The number of pyridine rings is 1. The van der Waals surface area contributed by atoms with E-state index in [1.807, 2.05) is 20.0 Å². The second kappa shape index (κ2) is 7.41. The number of ether oxygens (including phenoxy) is 1. The molecule has 0 aliphatic rings. The molecule has 0 atom stereocenters. The van der Waals surface area contributed by atoms with E-state index in [0.717, 1.165) is 5.69 Å². The number of hydrogen-bond donors (Lipinski definition) is 1. The zero-order valence-corrected chi connectivity index (χ0v) is 14.0. The molecule has 1 heterocycles. The molecule has 1 aromatic heterocycles. The zero-order chi connectivity index (χ0) is 16.0. The molecule has 0 saturated heterocycles. The SMILES string of the molecule is CCOCCN(C)C(=O)c1cc(NC)nc(C(C)(C)C)c1. The largest absolute Gasteiger partial charge is 0.380 e. The van der Waals surface area contributed by atoms with Crippen molar-refractivity contribution < 1.29 is 9.53 Å². The minimum absolute atomic E-state index is 0.0147. The Hall–Kier alpha value is -1.62. The minimum atomic E-state index is -0.105. The van der Waals surface area contributed by atoms with Gasteiger partial charge in [0.1, 0.15) is 5.82 Å². The second-order valence-electron chi connectivity index (χ2n) is 6.05. The molecule has 5 nitrogen and oxygen atoms in total. The molecule has 118 valence electrons. The smallest absolute Gasteiger partial charge is 0.253 e. The third kappa shape index (κ3) is 5.01. The third-order valence-corrected chi connectivity index (χ3v) is 3.22. The fourth-order valence-electron chi connectivity index (χ4n) is 1.83. The molecule has 0 aliphatic carbocycles. The number of rotatable bonds is 6. The van der Waals surface area contributed by atoms with Crippen LogP contribution in [0.2, 0.25) is 0 Å². The van der Waals surface area contributed by atoms with Crippen LogP contribution in [-0.2, 0) is 10.2 Å². The summed E-state index contributed by atoms with van der Waals surface area (Å²) in [5.41, 5.74) is 1.44. The predicted molar refractivity (Wildman–Crippen MR) is 85.9 cm³/mol. The molecular weight excluding hydrogens is 266 g/mol. The molecule has 21 heavy (non-hydrogen) atoms. The monoisotopic (exact) mass is 293 g/mol. The number of nitrogens with zero attached hydrogens (tertiary/aromatic N) is 2. The first-order valence-corrected chi connectivity index (χ1v) is 7.33. The van der Waals surface area contributed by atoms with E-state index in [1.54, 1.807) is 18.0 Å². The van der Waals surface area contributed by atoms with Crippen LogP contribution in [0, 0.1) is 0 Å². The van der Waals surface area contributed by atoms with Gasteiger partial charge in [0.15, 0.2) is 0 Å². The van der Waals surface area contributed by atoms with E-state index in [2.05, 4.69) is 31.1 Å². The molecule has 1 rings (SSSR count). The summed E-state index contributed by atoms with van der Waals surface area (Å²) in [6.07, 6.45) is 0. The molecule has 0 bridgehead atoms. The lowest BCUT2D eigenvalue weighted by molar-refractivity contribution is 0.0709. The fraction of sp³-hybridized carbons (Fsp3) is 0.625. The highest BCUT2D eigenvalue weighted by atomic mass is 16.5. The van der Waals surface area contributed by atoms with Gasteiger partial charge >= 0.3 is 0 Å². The maximum absolute atomic E-state index is 12.5. The van der Waals surface area contributed by atoms with Crippen molar-refractivity contribution in [2.75, 3.05) is 39.2 Å². The van der Waals surface area contributed by atoms with Gasteiger partial charge in [0.05, 0.1) is 6.61 Å². The maximum Gasteiger partial charge on any atom is 0.253 e. The van der Waals surface area contributed by atoms with E-state index in [-0.39, 0.29) is 11.3 Å². The summed E-state index contributed by atoms with van der Waals surface area (Å²) < 4.78 is 5.29. The molecule has 0 radical (unpaired) electrons. The number of anilines is 1. The van der Waals surface area contributed by atoms with Gasteiger partial charge in [-0.1, -0.05) is 20.8 Å². The van der Waals surface area contributed by atoms with Gasteiger partial charge in [0.2, 0.25) is 0 Å². The van der Waals surface area contributed by atoms with E-state index >= 15 is 0 Å². The Morgan fingerprint density at radius 2 is 2.05 bits per heavy atom. The van der Waals surface area contributed by atoms with Crippen molar-refractivity contribution >= 4 is 11.7 Å². The normalized spacial score (nSPS) is 11.3. The Morgan fingerprint density at radius 3 is 2.57 bits per heavy atom. The van der Waals surface area contributed by atoms with Gasteiger partial charge in [-0.3, -0.25) is 4.79 Å². The Balaban J connectivity index is 2.98. The van der Waals surface area contributed by atoms with Gasteiger partial charge in [-0.2, -0.15) is 0 Å². The summed E-state index contributed by atoms with van der Waals surface area (Å²) in [7, 11) is 3.60. The number of nitrogens with one attached hydrogen (secondary N) is 1. The molecule has 0 spiro atoms. The average molecular weight is 293 g/mol. The highest BCUT2D eigenvalue weighted by Crippen LogP contribution is 2.23. The van der Waals surface area contributed by atoms with Crippen LogP contribution in [0.4, 0.5) is 5.82 Å². The van der Waals surface area contributed by atoms with Gasteiger partial charge < -0.3 is 15.0 Å². The lowest BCUT2D eigenvalue weighted by Gasteiger charge is -2.22. The summed E-state index contributed by atoms with van der Waals surface area (Å²) >= 11 is 0. The van der Waals surface area contributed by atoms with Crippen LogP contribution >= 0.6 is 0 Å². The van der Waals surface area contributed by atoms with Gasteiger partial charge in [-0.15, -0.1) is 0 Å². The molecule has 1 aromatic rings. The molecule has 5 heteroatoms. The Morgan fingerprint density at radius 1 is 1.38 bits per heavy atom. The average Bonchev–Trinajstić information content (AvgIpc) is 2.45. The van der Waals surface area contributed by atoms with E-state index in [4.69, 9.17) is 4.74 Å². The summed E-state index contributed by atoms with van der Waals surface area (Å²) in [6.45, 7) is 9.99. The van der Waals surface area contributed by atoms with Crippen LogP contribution in [0.1, 0.15) is 43.7 Å². The number of likely N-dealkylation sites (N-methyl/N-ethyl adjacent to an activating group) is 1. The highest BCUT2D eigenvalue weighted by molar-refractivity contribution is 5.95. The van der Waals surface area contributed by atoms with E-state index < -0.39 is 0 Å². The zero-order valence-electron chi connectivity index (χ0n) is 14.0. The molecule has 1 N–H and O–H groups in total. The molecule has 0 fully saturated rings. The molecular formula is C16H27N3O2. The van der Waals surface area contributed by atoms with Crippen molar-refractivity contribution in [2.24, 2.45) is 0 Å². The van der Waals surface area contributed by atoms with Crippen LogP contribution in [0.15, 0.2) is 12.1 Å². The van der Waals surface area contributed by atoms with Crippen LogP contribution in [0.25, 0.3) is 0 Å². The fourth-order valence-corrected chi connectivity index (χ4v) is 1.83. The quantitative estimate of drug-likeness (QED) is 0.819. The Labute approximate surface area is 127 Å². The Bertz CT molecular complexity index is 481. The molecule has 0 unspecified atom stereocenters. The number of aromatic nitrogens is 1. The first-order chi connectivity index (χ1) is 9.79. The third-order valence-electron chi connectivity index (χ3n) is 3.22. The lowest BCUT2D eigenvalue weighted by atomic mass is 9.90. The molecule has 1 amide bonds. The second-order valence-corrected chi connectivity index (χ2v) is 6.05. The van der Waals surface area contributed by atoms with E-state index in [9.17, 15) is 4.79 Å². The summed E-state index contributed by atoms with van der Waals surface area (Å²) in [4.78, 5) is 18.7. The maximum atomic E-state index is 12.5. The van der Waals surface area contributed by atoms with Crippen LogP contribution in [0.5, 0.6) is 0 Å². The predicted octanol–water partition coefficient (Wildman–Crippen LogP) is 2.53. The van der Waals surface area contributed by atoms with Gasteiger partial charge in [-0.25, -0.2) is 4.98 Å². The molecule has 0 saturated carbocycles. The number of hydrogen-bond acceptors (Lipinski definition) is 4. The molecule has 0 aliphatic heterocycles. The Kier molecular flexibility index (Phi) is 6.15. The van der Waals surface area contributed by atoms with Crippen molar-refractivity contribution in [3.8, 4) is 0 Å². The van der Waals surface area contributed by atoms with Gasteiger partial charge in [-0.05, 0) is 19.1 Å². The van der Waals surface area contributed by atoms with Crippen LogP contribution in [0.3, 0.4) is 0 Å². The van der Waals surface area contributed by atoms with Crippen molar-refractivity contribution in [2.45, 2.75) is 33.1 Å². The van der Waals surface area contributed by atoms with Gasteiger partial charge in [0.25, 0.3) is 5.91 Å². The van der Waals surface area contributed by atoms with Crippen molar-refractivity contribution in [3.05, 3.63) is 23.4 Å². The first kappa shape index (κ1) is 17.4. The highest BCUT2D eigenvalue weighted by Gasteiger charge is 2.20. The van der Waals surface area contributed by atoms with Crippen LogP contribution < -0.4 is 5.32 Å². The van der Waals surface area contributed by atoms with Crippen LogP contribution in [-0.4, -0.2) is 49.6 Å². The van der Waals surface area contributed by atoms with Crippen molar-refractivity contribution in [1.29, 1.82) is 0 Å². The first-order valence-electron chi connectivity index (χ1n) is 7.33. The lowest BCUT2D eigenvalue weighted by Crippen LogP contribution is -2.30. The summed E-state index contributed by atoms with van der Waals surface area (Å²) in [6, 6.07) is 3.66. The molecule has 0 aromatic carbocycles. The van der Waals surface area contributed by atoms with Crippen molar-refractivity contribution in [3.63, 3.8) is 0 Å². The summed E-state index contributed by atoms with van der Waals surface area (Å²) in [5, 5.41) is 3.02. The van der Waals surface area contributed by atoms with E-state index in [1.165, 1.54) is 0 Å².